The van der Waals surface area contributed by atoms with Crippen molar-refractivity contribution in [1.29, 1.82) is 0 Å². The Morgan fingerprint density at radius 2 is 2.39 bits per heavy atom. The monoisotopic (exact) mass is 242 g/mol. The van der Waals surface area contributed by atoms with Crippen LogP contribution in [-0.4, -0.2) is 27.6 Å². The summed E-state index contributed by atoms with van der Waals surface area (Å²) in [7, 11) is 0. The Morgan fingerprint density at radius 1 is 1.44 bits per heavy atom. The Hall–Kier alpha value is -1.68. The largest absolute Gasteiger partial charge is 0.325 e. The highest BCUT2D eigenvalue weighted by atomic mass is 15.1. The Kier molecular flexibility index (Phi) is 3.11. The highest BCUT2D eigenvalue weighted by Gasteiger charge is 2.22. The summed E-state index contributed by atoms with van der Waals surface area (Å²) in [5.41, 5.74) is 2.40. The molecule has 3 rings (SSSR count). The molecule has 4 heteroatoms. The number of imidazole rings is 1. The molecule has 1 N–H and O–H groups in total. The van der Waals surface area contributed by atoms with Crippen LogP contribution in [0.3, 0.4) is 0 Å². The summed E-state index contributed by atoms with van der Waals surface area (Å²) in [5.74, 6) is 0.582. The standard InChI is InChI=1S/C14H18N4/c1-11(13-4-2-3-6-17-13)18-10-16-9-14(18)12-5-7-15-8-12/h2-4,6,9-12,15H,5,7-8H2,1H3. The first-order valence-electron chi connectivity index (χ1n) is 6.49. The molecule has 1 fully saturated rings. The minimum absolute atomic E-state index is 0.240. The molecule has 2 atom stereocenters. The van der Waals surface area contributed by atoms with Gasteiger partial charge in [-0.1, -0.05) is 6.07 Å². The van der Waals surface area contributed by atoms with Crippen molar-refractivity contribution in [2.24, 2.45) is 0 Å². The molecule has 2 aromatic heterocycles. The molecular weight excluding hydrogens is 224 g/mol. The second-order valence-corrected chi connectivity index (χ2v) is 4.85. The van der Waals surface area contributed by atoms with Crippen LogP contribution in [0.25, 0.3) is 0 Å². The first-order chi connectivity index (χ1) is 8.86. The SMILES string of the molecule is CC(c1ccccn1)n1cncc1C1CCNC1. The third-order valence-corrected chi connectivity index (χ3v) is 3.71. The number of aromatic nitrogens is 3. The summed E-state index contributed by atoms with van der Waals surface area (Å²) in [6, 6.07) is 6.30. The summed E-state index contributed by atoms with van der Waals surface area (Å²) < 4.78 is 2.25. The van der Waals surface area contributed by atoms with Gasteiger partial charge in [-0.15, -0.1) is 0 Å². The molecule has 0 spiro atoms. The molecule has 2 aromatic rings. The van der Waals surface area contributed by atoms with Crippen LogP contribution >= 0.6 is 0 Å². The van der Waals surface area contributed by atoms with Gasteiger partial charge in [0.25, 0.3) is 0 Å². The van der Waals surface area contributed by atoms with Crippen LogP contribution in [0.5, 0.6) is 0 Å². The molecule has 2 unspecified atom stereocenters. The molecule has 0 aromatic carbocycles. The van der Waals surface area contributed by atoms with Crippen LogP contribution in [-0.2, 0) is 0 Å². The Balaban J connectivity index is 1.90. The number of nitrogens with zero attached hydrogens (tertiary/aromatic N) is 3. The maximum Gasteiger partial charge on any atom is 0.0954 e. The van der Waals surface area contributed by atoms with Gasteiger partial charge in [0.2, 0.25) is 0 Å². The number of pyridine rings is 1. The van der Waals surface area contributed by atoms with Crippen LogP contribution in [0.1, 0.15) is 36.7 Å². The lowest BCUT2D eigenvalue weighted by Crippen LogP contribution is -2.15. The fraction of sp³-hybridized carbons (Fsp3) is 0.429. The highest BCUT2D eigenvalue weighted by molar-refractivity contribution is 5.16. The van der Waals surface area contributed by atoms with Crippen molar-refractivity contribution >= 4 is 0 Å². The molecule has 0 amide bonds. The van der Waals surface area contributed by atoms with Gasteiger partial charge >= 0.3 is 0 Å². The van der Waals surface area contributed by atoms with E-state index in [-0.39, 0.29) is 6.04 Å². The van der Waals surface area contributed by atoms with Gasteiger partial charge < -0.3 is 9.88 Å². The molecule has 0 aliphatic carbocycles. The molecule has 1 aliphatic heterocycles. The zero-order valence-corrected chi connectivity index (χ0v) is 10.6. The van der Waals surface area contributed by atoms with E-state index in [1.54, 1.807) is 0 Å². The van der Waals surface area contributed by atoms with Gasteiger partial charge in [-0.25, -0.2) is 4.98 Å². The van der Waals surface area contributed by atoms with Crippen LogP contribution in [0.15, 0.2) is 36.9 Å². The molecular formula is C14H18N4. The van der Waals surface area contributed by atoms with Crippen molar-refractivity contribution in [2.45, 2.75) is 25.3 Å². The van der Waals surface area contributed by atoms with Gasteiger partial charge in [-0.05, 0) is 32.0 Å². The van der Waals surface area contributed by atoms with E-state index in [0.29, 0.717) is 5.92 Å². The fourth-order valence-electron chi connectivity index (χ4n) is 2.63. The lowest BCUT2D eigenvalue weighted by Gasteiger charge is -2.18. The average Bonchev–Trinajstić information content (AvgIpc) is 3.09. The minimum Gasteiger partial charge on any atom is -0.325 e. The van der Waals surface area contributed by atoms with E-state index in [4.69, 9.17) is 0 Å². The normalized spacial score (nSPS) is 21.1. The molecule has 94 valence electrons. The van der Waals surface area contributed by atoms with Crippen molar-refractivity contribution in [2.75, 3.05) is 13.1 Å². The number of hydrogen-bond donors (Lipinski definition) is 1. The Labute approximate surface area is 107 Å². The molecule has 1 aliphatic rings. The minimum atomic E-state index is 0.240. The van der Waals surface area contributed by atoms with Crippen LogP contribution < -0.4 is 5.32 Å². The van der Waals surface area contributed by atoms with E-state index in [2.05, 4.69) is 32.8 Å². The summed E-state index contributed by atoms with van der Waals surface area (Å²) in [6.45, 7) is 4.34. The third kappa shape index (κ3) is 2.04. The summed E-state index contributed by atoms with van der Waals surface area (Å²) in [6.07, 6.45) is 6.96. The molecule has 0 bridgehead atoms. The second kappa shape index (κ2) is 4.90. The van der Waals surface area contributed by atoms with Gasteiger partial charge in [0, 0.05) is 30.6 Å². The van der Waals surface area contributed by atoms with Crippen molar-refractivity contribution < 1.29 is 0 Å². The predicted octanol–water partition coefficient (Wildman–Crippen LogP) is 1.96. The molecule has 3 heterocycles. The van der Waals surface area contributed by atoms with E-state index < -0.39 is 0 Å². The van der Waals surface area contributed by atoms with E-state index in [1.807, 2.05) is 30.9 Å². The Bertz CT molecular complexity index is 500. The Morgan fingerprint density at radius 3 is 3.11 bits per heavy atom. The van der Waals surface area contributed by atoms with Crippen LogP contribution in [0, 0.1) is 0 Å². The fourth-order valence-corrected chi connectivity index (χ4v) is 2.63. The zero-order chi connectivity index (χ0) is 12.4. The van der Waals surface area contributed by atoms with Crippen LogP contribution in [0.2, 0.25) is 0 Å². The van der Waals surface area contributed by atoms with Gasteiger partial charge in [0.15, 0.2) is 0 Å². The van der Waals surface area contributed by atoms with Gasteiger partial charge in [-0.3, -0.25) is 4.98 Å². The zero-order valence-electron chi connectivity index (χ0n) is 10.6. The van der Waals surface area contributed by atoms with Crippen molar-refractivity contribution in [3.63, 3.8) is 0 Å². The quantitative estimate of drug-likeness (QED) is 0.894. The lowest BCUT2D eigenvalue weighted by atomic mass is 10.0. The molecule has 1 saturated heterocycles. The van der Waals surface area contributed by atoms with Crippen molar-refractivity contribution in [1.82, 2.24) is 19.9 Å². The lowest BCUT2D eigenvalue weighted by molar-refractivity contribution is 0.563. The third-order valence-electron chi connectivity index (χ3n) is 3.71. The second-order valence-electron chi connectivity index (χ2n) is 4.85. The molecule has 4 nitrogen and oxygen atoms in total. The molecule has 0 saturated carbocycles. The van der Waals surface area contributed by atoms with E-state index in [9.17, 15) is 0 Å². The summed E-state index contributed by atoms with van der Waals surface area (Å²) >= 11 is 0. The highest BCUT2D eigenvalue weighted by Crippen LogP contribution is 2.26. The van der Waals surface area contributed by atoms with Crippen molar-refractivity contribution in [3.05, 3.63) is 48.3 Å². The van der Waals surface area contributed by atoms with E-state index in [1.165, 1.54) is 12.1 Å². The van der Waals surface area contributed by atoms with Gasteiger partial charge in [0.05, 0.1) is 18.1 Å². The van der Waals surface area contributed by atoms with E-state index >= 15 is 0 Å². The predicted molar refractivity (Wildman–Crippen MR) is 70.5 cm³/mol. The maximum atomic E-state index is 4.44. The van der Waals surface area contributed by atoms with E-state index in [0.717, 1.165) is 18.8 Å². The van der Waals surface area contributed by atoms with Gasteiger partial charge in [0.1, 0.15) is 0 Å². The van der Waals surface area contributed by atoms with Crippen molar-refractivity contribution in [3.8, 4) is 0 Å². The summed E-state index contributed by atoms with van der Waals surface area (Å²) in [4.78, 5) is 8.76. The maximum absolute atomic E-state index is 4.44. The number of rotatable bonds is 3. The number of nitrogens with one attached hydrogen (secondary N) is 1. The topological polar surface area (TPSA) is 42.7 Å². The average molecular weight is 242 g/mol. The molecule has 0 radical (unpaired) electrons. The smallest absolute Gasteiger partial charge is 0.0954 e. The van der Waals surface area contributed by atoms with Crippen LogP contribution in [0.4, 0.5) is 0 Å². The number of hydrogen-bond acceptors (Lipinski definition) is 3. The first kappa shape index (κ1) is 11.4. The first-order valence-corrected chi connectivity index (χ1v) is 6.49. The summed E-state index contributed by atoms with van der Waals surface area (Å²) in [5, 5.41) is 3.41. The molecule has 18 heavy (non-hydrogen) atoms. The van der Waals surface area contributed by atoms with Gasteiger partial charge in [-0.2, -0.15) is 0 Å².